The van der Waals surface area contributed by atoms with E-state index in [1.54, 1.807) is 0 Å². The van der Waals surface area contributed by atoms with E-state index in [2.05, 4.69) is 33.0 Å². The average molecular weight is 381 g/mol. The number of hydrogen-bond acceptors (Lipinski definition) is 3. The van der Waals surface area contributed by atoms with Crippen LogP contribution < -0.4 is 11.1 Å². The molecule has 0 spiro atoms. The number of aryl methyl sites for hydroxylation is 1. The van der Waals surface area contributed by atoms with Crippen LogP contribution in [-0.4, -0.2) is 29.7 Å². The van der Waals surface area contributed by atoms with Crippen molar-refractivity contribution in [3.63, 3.8) is 0 Å². The van der Waals surface area contributed by atoms with Gasteiger partial charge in [-0.25, -0.2) is 0 Å². The van der Waals surface area contributed by atoms with Crippen LogP contribution in [0.1, 0.15) is 83.7 Å². The second-order valence-corrected chi connectivity index (χ2v) is 7.57. The molecule has 0 aromatic heterocycles. The van der Waals surface area contributed by atoms with Crippen molar-refractivity contribution in [2.75, 3.05) is 6.54 Å². The smallest absolute Gasteiger partial charge is 0.251 e. The van der Waals surface area contributed by atoms with Gasteiger partial charge in [-0.3, -0.25) is 4.79 Å². The summed E-state index contributed by atoms with van der Waals surface area (Å²) in [6.45, 7) is 17.3. The second kappa shape index (κ2) is 16.8. The molecule has 3 atom stereocenters. The molecule has 1 aliphatic carbocycles. The number of benzene rings is 1. The van der Waals surface area contributed by atoms with Gasteiger partial charge in [-0.15, -0.1) is 0 Å². The molecule has 4 nitrogen and oxygen atoms in total. The fourth-order valence-electron chi connectivity index (χ4n) is 2.48. The Bertz CT molecular complexity index is 469. The molecule has 1 fully saturated rings. The molecule has 1 aromatic rings. The number of aliphatic hydroxyl groups excluding tert-OH is 1. The first-order valence-corrected chi connectivity index (χ1v) is 10.5. The van der Waals surface area contributed by atoms with Gasteiger partial charge < -0.3 is 16.2 Å². The van der Waals surface area contributed by atoms with E-state index in [9.17, 15) is 9.90 Å². The second-order valence-electron chi connectivity index (χ2n) is 7.57. The van der Waals surface area contributed by atoms with Crippen LogP contribution in [0.4, 0.5) is 0 Å². The summed E-state index contributed by atoms with van der Waals surface area (Å²) in [5.74, 6) is 1.29. The molecule has 2 rings (SSSR count). The zero-order valence-electron chi connectivity index (χ0n) is 18.9. The van der Waals surface area contributed by atoms with Crippen LogP contribution in [0.5, 0.6) is 0 Å². The standard InChI is InChI=1S/C15H21NO2.C4H10.C2H7N.C2H6/c1-10-3-6-12(7-4-10)15(18)16-13-8-5-11(2)9-14(13)17;1-4(2)3;1-2-3;1-2/h3-4,6-7,11,13-14,17H,5,8-9H2,1-2H3,(H,16,18);4H,1-3H3;2-3H2,1H3;1-2H3. The highest BCUT2D eigenvalue weighted by Crippen LogP contribution is 2.24. The summed E-state index contributed by atoms with van der Waals surface area (Å²) >= 11 is 0. The lowest BCUT2D eigenvalue weighted by Gasteiger charge is -2.32. The maximum Gasteiger partial charge on any atom is 0.251 e. The van der Waals surface area contributed by atoms with Crippen molar-refractivity contribution in [3.8, 4) is 0 Å². The SMILES string of the molecule is CC.CC(C)C.CCN.Cc1ccc(C(=O)NC2CCC(C)CC2O)cc1. The van der Waals surface area contributed by atoms with Crippen molar-refractivity contribution in [1.29, 1.82) is 0 Å². The zero-order chi connectivity index (χ0) is 21.4. The number of nitrogens with one attached hydrogen (secondary N) is 1. The largest absolute Gasteiger partial charge is 0.391 e. The topological polar surface area (TPSA) is 75.4 Å². The molecule has 1 aromatic carbocycles. The minimum atomic E-state index is -0.414. The Morgan fingerprint density at radius 2 is 1.63 bits per heavy atom. The van der Waals surface area contributed by atoms with Gasteiger partial charge in [0.15, 0.2) is 0 Å². The molecule has 0 heterocycles. The predicted molar refractivity (Wildman–Crippen MR) is 118 cm³/mol. The molecule has 0 aliphatic heterocycles. The van der Waals surface area contributed by atoms with Crippen molar-refractivity contribution in [3.05, 3.63) is 35.4 Å². The number of rotatable bonds is 2. The van der Waals surface area contributed by atoms with E-state index in [0.29, 0.717) is 11.5 Å². The molecule has 0 bridgehead atoms. The highest BCUT2D eigenvalue weighted by atomic mass is 16.3. The molecule has 0 saturated heterocycles. The maximum absolute atomic E-state index is 12.0. The van der Waals surface area contributed by atoms with Crippen molar-refractivity contribution in [2.24, 2.45) is 17.6 Å². The van der Waals surface area contributed by atoms with Crippen molar-refractivity contribution >= 4 is 5.91 Å². The molecule has 4 heteroatoms. The van der Waals surface area contributed by atoms with Crippen LogP contribution in [0.3, 0.4) is 0 Å². The third-order valence-electron chi connectivity index (χ3n) is 3.71. The Hall–Kier alpha value is -1.39. The van der Waals surface area contributed by atoms with Crippen LogP contribution in [0.2, 0.25) is 0 Å². The first-order chi connectivity index (χ1) is 12.7. The first-order valence-electron chi connectivity index (χ1n) is 10.5. The van der Waals surface area contributed by atoms with E-state index in [1.807, 2.05) is 52.0 Å². The quantitative estimate of drug-likeness (QED) is 0.681. The van der Waals surface area contributed by atoms with E-state index in [4.69, 9.17) is 5.73 Å². The van der Waals surface area contributed by atoms with Crippen LogP contribution in [0.25, 0.3) is 0 Å². The number of amides is 1. The molecule has 27 heavy (non-hydrogen) atoms. The Balaban J connectivity index is 0. The van der Waals surface area contributed by atoms with Gasteiger partial charge in [-0.2, -0.15) is 0 Å². The van der Waals surface area contributed by atoms with Gasteiger partial charge in [0.1, 0.15) is 0 Å². The van der Waals surface area contributed by atoms with E-state index < -0.39 is 6.10 Å². The van der Waals surface area contributed by atoms with E-state index in [0.717, 1.165) is 37.3 Å². The average Bonchev–Trinajstić information content (AvgIpc) is 2.60. The van der Waals surface area contributed by atoms with Gasteiger partial charge in [0.2, 0.25) is 0 Å². The molecule has 158 valence electrons. The summed E-state index contributed by atoms with van der Waals surface area (Å²) in [5, 5.41) is 12.9. The molecule has 1 saturated carbocycles. The third kappa shape index (κ3) is 14.3. The molecule has 4 N–H and O–H groups in total. The molecule has 1 amide bonds. The maximum atomic E-state index is 12.0. The summed E-state index contributed by atoms with van der Waals surface area (Å²) in [6, 6.07) is 7.39. The third-order valence-corrected chi connectivity index (χ3v) is 3.71. The molecule has 0 radical (unpaired) electrons. The number of aliphatic hydroxyl groups is 1. The minimum absolute atomic E-state index is 0.0893. The van der Waals surface area contributed by atoms with Crippen LogP contribution in [0, 0.1) is 18.8 Å². The van der Waals surface area contributed by atoms with Crippen LogP contribution >= 0.6 is 0 Å². The van der Waals surface area contributed by atoms with Crippen molar-refractivity contribution in [1.82, 2.24) is 5.32 Å². The summed E-state index contributed by atoms with van der Waals surface area (Å²) in [4.78, 5) is 12.0. The number of hydrogen-bond donors (Lipinski definition) is 3. The highest BCUT2D eigenvalue weighted by molar-refractivity contribution is 5.94. The molecular weight excluding hydrogens is 336 g/mol. The molecule has 1 aliphatic rings. The lowest BCUT2D eigenvalue weighted by atomic mass is 9.85. The van der Waals surface area contributed by atoms with Gasteiger partial charge in [-0.05, 0) is 56.7 Å². The van der Waals surface area contributed by atoms with Crippen LogP contribution in [-0.2, 0) is 0 Å². The summed E-state index contributed by atoms with van der Waals surface area (Å²) < 4.78 is 0. The number of nitrogens with two attached hydrogens (primary N) is 1. The monoisotopic (exact) mass is 380 g/mol. The fraction of sp³-hybridized carbons (Fsp3) is 0.696. The van der Waals surface area contributed by atoms with E-state index in [1.165, 1.54) is 0 Å². The lowest BCUT2D eigenvalue weighted by molar-refractivity contribution is 0.0599. The lowest BCUT2D eigenvalue weighted by Crippen LogP contribution is -2.46. The summed E-state index contributed by atoms with van der Waals surface area (Å²) in [5.41, 5.74) is 6.64. The van der Waals surface area contributed by atoms with Gasteiger partial charge in [0.05, 0.1) is 12.1 Å². The Labute approximate surface area is 167 Å². The Kier molecular flexibility index (Phi) is 17.3. The number of carbonyl (C=O) groups excluding carboxylic acids is 1. The van der Waals surface area contributed by atoms with E-state index in [-0.39, 0.29) is 11.9 Å². The molecular formula is C23H44N2O2. The fourth-order valence-corrected chi connectivity index (χ4v) is 2.48. The number of carbonyl (C=O) groups is 1. The Morgan fingerprint density at radius 1 is 1.19 bits per heavy atom. The minimum Gasteiger partial charge on any atom is -0.391 e. The summed E-state index contributed by atoms with van der Waals surface area (Å²) in [6.07, 6.45) is 2.29. The van der Waals surface area contributed by atoms with Crippen LogP contribution in [0.15, 0.2) is 24.3 Å². The zero-order valence-corrected chi connectivity index (χ0v) is 18.9. The van der Waals surface area contributed by atoms with Gasteiger partial charge >= 0.3 is 0 Å². The van der Waals surface area contributed by atoms with E-state index >= 15 is 0 Å². The van der Waals surface area contributed by atoms with Gasteiger partial charge in [0, 0.05) is 5.56 Å². The first kappa shape index (κ1) is 27.8. The molecule has 3 unspecified atom stereocenters. The van der Waals surface area contributed by atoms with Gasteiger partial charge in [0.25, 0.3) is 5.91 Å². The summed E-state index contributed by atoms with van der Waals surface area (Å²) in [7, 11) is 0. The normalized spacial score (nSPS) is 20.8. The van der Waals surface area contributed by atoms with Gasteiger partial charge in [-0.1, -0.05) is 66.2 Å². The predicted octanol–water partition coefficient (Wildman–Crippen LogP) is 4.93. The highest BCUT2D eigenvalue weighted by Gasteiger charge is 2.28. The van der Waals surface area contributed by atoms with Crippen molar-refractivity contribution in [2.45, 2.75) is 86.8 Å². The van der Waals surface area contributed by atoms with Crippen molar-refractivity contribution < 1.29 is 9.90 Å². The Morgan fingerprint density at radius 3 is 2.04 bits per heavy atom.